The minimum absolute atomic E-state index is 0.0405. The lowest BCUT2D eigenvalue weighted by atomic mass is 10.1. The molecule has 1 heterocycles. The molecule has 2 N–H and O–H groups in total. The van der Waals surface area contributed by atoms with Crippen LogP contribution in [-0.2, 0) is 4.79 Å². The van der Waals surface area contributed by atoms with Crippen molar-refractivity contribution >= 4 is 11.8 Å². The molecule has 6 nitrogen and oxygen atoms in total. The van der Waals surface area contributed by atoms with Crippen LogP contribution in [0.2, 0.25) is 0 Å². The number of methoxy groups -OCH3 is 1. The molecule has 0 aliphatic carbocycles. The molecule has 0 saturated carbocycles. The Balaban J connectivity index is 1.56. The number of ether oxygens (including phenoxy) is 1. The van der Waals surface area contributed by atoms with Crippen LogP contribution < -0.4 is 15.4 Å². The smallest absolute Gasteiger partial charge is 0.251 e. The molecule has 1 atom stereocenters. The number of amides is 2. The van der Waals surface area contributed by atoms with Gasteiger partial charge in [0.1, 0.15) is 5.75 Å². The standard InChI is InChI=1S/C24H31N3O3/c1-17-12-18(2)14-20(13-17)24(29)26-16-23(28)25-15-22(27-10-4-5-11-27)19-6-8-21(30-3)9-7-19/h6-9,12-14,22H,4-5,10-11,15-16H2,1-3H3,(H,25,28)(H,26,29). The van der Waals surface area contributed by atoms with Crippen molar-refractivity contribution in [2.45, 2.75) is 32.7 Å². The second-order valence-corrected chi connectivity index (χ2v) is 7.90. The van der Waals surface area contributed by atoms with Crippen molar-refractivity contribution in [3.63, 3.8) is 0 Å². The first kappa shape index (κ1) is 21.8. The van der Waals surface area contributed by atoms with Crippen molar-refractivity contribution in [3.8, 4) is 5.75 Å². The third-order valence-corrected chi connectivity index (χ3v) is 5.47. The van der Waals surface area contributed by atoms with Gasteiger partial charge in [-0.2, -0.15) is 0 Å². The van der Waals surface area contributed by atoms with E-state index in [2.05, 4.69) is 27.7 Å². The van der Waals surface area contributed by atoms with Gasteiger partial charge in [0, 0.05) is 12.1 Å². The number of aryl methyl sites for hydroxylation is 2. The molecule has 6 heteroatoms. The molecule has 0 radical (unpaired) electrons. The summed E-state index contributed by atoms with van der Waals surface area (Å²) in [6, 6.07) is 13.8. The van der Waals surface area contributed by atoms with Crippen molar-refractivity contribution in [1.82, 2.24) is 15.5 Å². The molecular formula is C24H31N3O3. The van der Waals surface area contributed by atoms with E-state index in [9.17, 15) is 9.59 Å². The average Bonchev–Trinajstić information content (AvgIpc) is 3.26. The minimum Gasteiger partial charge on any atom is -0.497 e. The highest BCUT2D eigenvalue weighted by Gasteiger charge is 2.24. The highest BCUT2D eigenvalue weighted by atomic mass is 16.5. The third-order valence-electron chi connectivity index (χ3n) is 5.47. The molecule has 0 aromatic heterocycles. The van der Waals surface area contributed by atoms with Crippen molar-refractivity contribution in [3.05, 3.63) is 64.7 Å². The Kier molecular flexibility index (Phi) is 7.46. The lowest BCUT2D eigenvalue weighted by molar-refractivity contribution is -0.120. The molecule has 1 aliphatic heterocycles. The average molecular weight is 410 g/mol. The van der Waals surface area contributed by atoms with Crippen molar-refractivity contribution in [2.24, 2.45) is 0 Å². The zero-order valence-corrected chi connectivity index (χ0v) is 18.0. The van der Waals surface area contributed by atoms with Gasteiger partial charge in [-0.1, -0.05) is 29.3 Å². The van der Waals surface area contributed by atoms with Crippen LogP contribution in [0.1, 0.15) is 45.9 Å². The fourth-order valence-electron chi connectivity index (χ4n) is 3.98. The molecule has 30 heavy (non-hydrogen) atoms. The van der Waals surface area contributed by atoms with Gasteiger partial charge in [0.2, 0.25) is 5.91 Å². The Hall–Kier alpha value is -2.86. The molecule has 1 saturated heterocycles. The maximum Gasteiger partial charge on any atom is 0.251 e. The van der Waals surface area contributed by atoms with Gasteiger partial charge in [0.25, 0.3) is 5.91 Å². The maximum absolute atomic E-state index is 12.4. The molecule has 2 aromatic rings. The van der Waals surface area contributed by atoms with E-state index in [1.165, 1.54) is 12.8 Å². The number of nitrogens with one attached hydrogen (secondary N) is 2. The van der Waals surface area contributed by atoms with Crippen molar-refractivity contribution in [1.29, 1.82) is 0 Å². The summed E-state index contributed by atoms with van der Waals surface area (Å²) >= 11 is 0. The van der Waals surface area contributed by atoms with Gasteiger partial charge in [-0.15, -0.1) is 0 Å². The Morgan fingerprint density at radius 3 is 2.23 bits per heavy atom. The number of hydrogen-bond donors (Lipinski definition) is 2. The van der Waals surface area contributed by atoms with Crippen LogP contribution in [0, 0.1) is 13.8 Å². The summed E-state index contributed by atoms with van der Waals surface area (Å²) in [5.41, 5.74) is 3.78. The maximum atomic E-state index is 12.4. The molecule has 2 amide bonds. The second kappa shape index (κ2) is 10.3. The molecule has 2 aromatic carbocycles. The topological polar surface area (TPSA) is 70.7 Å². The zero-order chi connectivity index (χ0) is 21.5. The third kappa shape index (κ3) is 5.83. The quantitative estimate of drug-likeness (QED) is 0.703. The summed E-state index contributed by atoms with van der Waals surface area (Å²) in [5, 5.41) is 5.71. The van der Waals surface area contributed by atoms with E-state index in [0.29, 0.717) is 12.1 Å². The summed E-state index contributed by atoms with van der Waals surface area (Å²) in [4.78, 5) is 27.2. The minimum atomic E-state index is -0.233. The molecule has 160 valence electrons. The van der Waals surface area contributed by atoms with E-state index in [4.69, 9.17) is 4.74 Å². The lowest BCUT2D eigenvalue weighted by Crippen LogP contribution is -2.41. The van der Waals surface area contributed by atoms with Gasteiger partial charge in [-0.25, -0.2) is 0 Å². The molecule has 1 aliphatic rings. The van der Waals surface area contributed by atoms with Crippen LogP contribution in [0.15, 0.2) is 42.5 Å². The first-order chi connectivity index (χ1) is 14.5. The van der Waals surface area contributed by atoms with Crippen LogP contribution in [0.3, 0.4) is 0 Å². The predicted octanol–water partition coefficient (Wildman–Crippen LogP) is 3.00. The summed E-state index contributed by atoms with van der Waals surface area (Å²) < 4.78 is 5.25. The van der Waals surface area contributed by atoms with Crippen LogP contribution in [0.25, 0.3) is 0 Å². The van der Waals surface area contributed by atoms with E-state index in [-0.39, 0.29) is 24.4 Å². The van der Waals surface area contributed by atoms with Crippen molar-refractivity contribution in [2.75, 3.05) is 33.3 Å². The van der Waals surface area contributed by atoms with E-state index < -0.39 is 0 Å². The summed E-state index contributed by atoms with van der Waals surface area (Å²) in [7, 11) is 1.65. The normalized spacial score (nSPS) is 14.9. The van der Waals surface area contributed by atoms with Crippen LogP contribution >= 0.6 is 0 Å². The monoisotopic (exact) mass is 409 g/mol. The van der Waals surface area contributed by atoms with Crippen molar-refractivity contribution < 1.29 is 14.3 Å². The van der Waals surface area contributed by atoms with E-state index in [1.54, 1.807) is 7.11 Å². The highest BCUT2D eigenvalue weighted by molar-refractivity contribution is 5.96. The zero-order valence-electron chi connectivity index (χ0n) is 18.0. The van der Waals surface area contributed by atoms with Gasteiger partial charge in [0.05, 0.1) is 19.7 Å². The van der Waals surface area contributed by atoms with Gasteiger partial charge >= 0.3 is 0 Å². The second-order valence-electron chi connectivity index (χ2n) is 7.90. The number of benzene rings is 2. The van der Waals surface area contributed by atoms with E-state index >= 15 is 0 Å². The number of carbonyl (C=O) groups excluding carboxylic acids is 2. The fraction of sp³-hybridized carbons (Fsp3) is 0.417. The number of nitrogens with zero attached hydrogens (tertiary/aromatic N) is 1. The molecular weight excluding hydrogens is 378 g/mol. The van der Waals surface area contributed by atoms with Crippen LogP contribution in [0.4, 0.5) is 0 Å². The molecule has 0 bridgehead atoms. The fourth-order valence-corrected chi connectivity index (χ4v) is 3.98. The Labute approximate surface area is 178 Å². The Bertz CT molecular complexity index is 854. The molecule has 3 rings (SSSR count). The number of hydrogen-bond acceptors (Lipinski definition) is 4. The largest absolute Gasteiger partial charge is 0.497 e. The van der Waals surface area contributed by atoms with Gasteiger partial charge in [-0.3, -0.25) is 14.5 Å². The predicted molar refractivity (Wildman–Crippen MR) is 118 cm³/mol. The first-order valence-corrected chi connectivity index (χ1v) is 10.5. The summed E-state index contributed by atoms with van der Waals surface area (Å²) in [5.74, 6) is 0.394. The van der Waals surface area contributed by atoms with Crippen LogP contribution in [-0.4, -0.2) is 50.0 Å². The first-order valence-electron chi connectivity index (χ1n) is 10.5. The van der Waals surface area contributed by atoms with E-state index in [1.807, 2.05) is 44.2 Å². The molecule has 1 unspecified atom stereocenters. The molecule has 1 fully saturated rings. The van der Waals surface area contributed by atoms with Crippen LogP contribution in [0.5, 0.6) is 5.75 Å². The Morgan fingerprint density at radius 1 is 1.00 bits per heavy atom. The van der Waals surface area contributed by atoms with E-state index in [0.717, 1.165) is 35.5 Å². The van der Waals surface area contributed by atoms with Gasteiger partial charge < -0.3 is 15.4 Å². The lowest BCUT2D eigenvalue weighted by Gasteiger charge is -2.28. The highest BCUT2D eigenvalue weighted by Crippen LogP contribution is 2.26. The SMILES string of the molecule is COc1ccc(C(CNC(=O)CNC(=O)c2cc(C)cc(C)c2)N2CCCC2)cc1. The summed E-state index contributed by atoms with van der Waals surface area (Å²) in [6.45, 7) is 6.42. The van der Waals surface area contributed by atoms with Gasteiger partial charge in [0.15, 0.2) is 0 Å². The van der Waals surface area contributed by atoms with Gasteiger partial charge in [-0.05, 0) is 69.6 Å². The Morgan fingerprint density at radius 2 is 1.63 bits per heavy atom. The molecule has 0 spiro atoms. The number of rotatable bonds is 8. The number of likely N-dealkylation sites (tertiary alicyclic amines) is 1. The summed E-state index contributed by atoms with van der Waals surface area (Å²) in [6.07, 6.45) is 2.35. The number of carbonyl (C=O) groups is 2.